The molecule has 0 fully saturated rings. The molecule has 0 radical (unpaired) electrons. The number of aryl methyl sites for hydroxylation is 1. The molecule has 0 atom stereocenters. The van der Waals surface area contributed by atoms with Crippen molar-refractivity contribution in [2.75, 3.05) is 19.8 Å². The molecule has 2 aromatic carbocycles. The van der Waals surface area contributed by atoms with Crippen molar-refractivity contribution in [3.63, 3.8) is 0 Å². The Morgan fingerprint density at radius 1 is 0.967 bits per heavy atom. The summed E-state index contributed by atoms with van der Waals surface area (Å²) < 4.78 is 12.2. The number of benzene rings is 2. The van der Waals surface area contributed by atoms with Crippen molar-refractivity contribution in [3.8, 4) is 0 Å². The second-order valence-corrected chi connectivity index (χ2v) is 9.44. The summed E-state index contributed by atoms with van der Waals surface area (Å²) in [5, 5.41) is 4.25. The van der Waals surface area contributed by atoms with Gasteiger partial charge in [0, 0.05) is 25.3 Å². The maximum Gasteiger partial charge on any atom is 0.356 e. The summed E-state index contributed by atoms with van der Waals surface area (Å²) in [7, 11) is -1.89. The molecule has 1 N–H and O–H groups in total. The topological polar surface area (TPSA) is 47.6 Å². The molecule has 1 amide bonds. The Hall–Kier alpha value is -2.21. The van der Waals surface area contributed by atoms with E-state index in [4.69, 9.17) is 8.85 Å². The third kappa shape index (κ3) is 7.56. The molecular formula is C25H35NO3Si. The van der Waals surface area contributed by atoms with E-state index in [2.05, 4.69) is 50.0 Å². The number of rotatable bonds is 13. The number of allylic oxidation sites excluding steroid dienone is 1. The van der Waals surface area contributed by atoms with Gasteiger partial charge in [0.25, 0.3) is 5.91 Å². The van der Waals surface area contributed by atoms with Crippen LogP contribution >= 0.6 is 0 Å². The molecule has 0 aliphatic rings. The second-order valence-electron chi connectivity index (χ2n) is 7.49. The highest BCUT2D eigenvalue weighted by molar-refractivity contribution is 6.61. The lowest BCUT2D eigenvalue weighted by Crippen LogP contribution is -2.40. The van der Waals surface area contributed by atoms with E-state index in [1.54, 1.807) is 0 Å². The maximum absolute atomic E-state index is 12.4. The lowest BCUT2D eigenvalue weighted by molar-refractivity contribution is 0.0953. The zero-order valence-corrected chi connectivity index (χ0v) is 19.7. The summed E-state index contributed by atoms with van der Waals surface area (Å²) in [5.41, 5.74) is 3.99. The molecule has 0 bridgehead atoms. The van der Waals surface area contributed by atoms with Gasteiger partial charge in [-0.2, -0.15) is 0 Å². The Bertz CT molecular complexity index is 796. The normalized spacial score (nSPS) is 10.9. The molecule has 30 heavy (non-hydrogen) atoms. The minimum absolute atomic E-state index is 0.0404. The van der Waals surface area contributed by atoms with Crippen molar-refractivity contribution in [1.29, 1.82) is 0 Å². The van der Waals surface area contributed by atoms with Gasteiger partial charge in [-0.1, -0.05) is 62.4 Å². The van der Waals surface area contributed by atoms with Gasteiger partial charge in [0.15, 0.2) is 0 Å². The molecule has 2 aromatic rings. The van der Waals surface area contributed by atoms with Crippen LogP contribution in [-0.2, 0) is 15.3 Å². The fraction of sp³-hybridized carbons (Fsp3) is 0.400. The lowest BCUT2D eigenvalue weighted by atomic mass is 10.1. The van der Waals surface area contributed by atoms with E-state index in [9.17, 15) is 4.79 Å². The fourth-order valence-corrected chi connectivity index (χ4v) is 5.32. The van der Waals surface area contributed by atoms with Gasteiger partial charge in [0.1, 0.15) is 0 Å². The van der Waals surface area contributed by atoms with Crippen molar-refractivity contribution in [2.24, 2.45) is 0 Å². The summed E-state index contributed by atoms with van der Waals surface area (Å²) in [6, 6.07) is 16.0. The number of carbonyl (C=O) groups is 1. The van der Waals surface area contributed by atoms with Crippen LogP contribution in [0.1, 0.15) is 61.5 Å². The molecule has 0 aliphatic heterocycles. The summed E-state index contributed by atoms with van der Waals surface area (Å²) in [4.78, 5) is 12.4. The van der Waals surface area contributed by atoms with Crippen molar-refractivity contribution in [3.05, 3.63) is 71.8 Å². The fourth-order valence-electron chi connectivity index (χ4n) is 3.16. The van der Waals surface area contributed by atoms with Gasteiger partial charge in [-0.15, -0.1) is 0 Å². The summed E-state index contributed by atoms with van der Waals surface area (Å²) in [5.74, 6) is -0.0404. The van der Waals surface area contributed by atoms with Crippen molar-refractivity contribution < 1.29 is 13.6 Å². The number of amides is 1. The standard InChI is InChI=1S/C25H35NO3Si/c1-5-18-28-30(29-19-6-2)24-12-8-7-10-22(24)11-9-17-26-25(27)23-15-13-21(14-16-23)20(3)4/h7-8,10,12-16,30H,3,5-6,9,11,17-19H2,1-2,4H3,(H,26,27). The summed E-state index contributed by atoms with van der Waals surface area (Å²) in [6.07, 6.45) is 3.73. The van der Waals surface area contributed by atoms with Crippen molar-refractivity contribution in [2.45, 2.75) is 46.5 Å². The Labute approximate surface area is 183 Å². The van der Waals surface area contributed by atoms with E-state index < -0.39 is 9.28 Å². The average Bonchev–Trinajstić information content (AvgIpc) is 2.77. The van der Waals surface area contributed by atoms with E-state index in [-0.39, 0.29) is 5.91 Å². The van der Waals surface area contributed by atoms with E-state index in [0.29, 0.717) is 12.1 Å². The smallest absolute Gasteiger partial charge is 0.356 e. The molecule has 0 aromatic heterocycles. The van der Waals surface area contributed by atoms with Crippen LogP contribution in [0.2, 0.25) is 0 Å². The van der Waals surface area contributed by atoms with Gasteiger partial charge in [-0.25, -0.2) is 0 Å². The summed E-state index contributed by atoms with van der Waals surface area (Å²) in [6.45, 7) is 12.2. The highest BCUT2D eigenvalue weighted by Gasteiger charge is 2.19. The zero-order valence-electron chi connectivity index (χ0n) is 18.6. The summed E-state index contributed by atoms with van der Waals surface area (Å²) >= 11 is 0. The van der Waals surface area contributed by atoms with Crippen LogP contribution in [0, 0.1) is 0 Å². The number of hydrogen-bond donors (Lipinski definition) is 1. The van der Waals surface area contributed by atoms with Gasteiger partial charge in [-0.05, 0) is 61.1 Å². The second kappa shape index (κ2) is 13.2. The van der Waals surface area contributed by atoms with E-state index in [1.807, 2.05) is 31.2 Å². The Morgan fingerprint density at radius 2 is 1.57 bits per heavy atom. The van der Waals surface area contributed by atoms with Crippen LogP contribution < -0.4 is 10.5 Å². The van der Waals surface area contributed by atoms with Crippen LogP contribution in [0.4, 0.5) is 0 Å². The molecule has 0 heterocycles. The van der Waals surface area contributed by atoms with Crippen LogP contribution in [0.5, 0.6) is 0 Å². The minimum atomic E-state index is -1.89. The van der Waals surface area contributed by atoms with Crippen LogP contribution in [-0.4, -0.2) is 34.9 Å². The first-order chi connectivity index (χ1) is 14.6. The molecule has 0 saturated carbocycles. The zero-order chi connectivity index (χ0) is 21.8. The van der Waals surface area contributed by atoms with E-state index >= 15 is 0 Å². The monoisotopic (exact) mass is 425 g/mol. The average molecular weight is 426 g/mol. The predicted molar refractivity (Wildman–Crippen MR) is 128 cm³/mol. The van der Waals surface area contributed by atoms with Gasteiger partial charge in [0.2, 0.25) is 0 Å². The highest BCUT2D eigenvalue weighted by Crippen LogP contribution is 2.12. The SMILES string of the molecule is C=C(C)c1ccc(C(=O)NCCCc2ccccc2[SiH](OCCC)OCCC)cc1. The molecule has 0 aliphatic carbocycles. The van der Waals surface area contributed by atoms with E-state index in [1.165, 1.54) is 10.8 Å². The predicted octanol–water partition coefficient (Wildman–Crippen LogP) is 4.36. The first-order valence-electron chi connectivity index (χ1n) is 10.9. The number of nitrogens with one attached hydrogen (secondary N) is 1. The minimum Gasteiger partial charge on any atom is -0.393 e. The Kier molecular flexibility index (Phi) is 10.6. The van der Waals surface area contributed by atoms with Crippen molar-refractivity contribution >= 4 is 26.0 Å². The van der Waals surface area contributed by atoms with E-state index in [0.717, 1.165) is 50.0 Å². The molecule has 162 valence electrons. The Balaban J connectivity index is 1.91. The highest BCUT2D eigenvalue weighted by atomic mass is 28.3. The largest absolute Gasteiger partial charge is 0.393 e. The molecule has 5 heteroatoms. The quantitative estimate of drug-likeness (QED) is 0.383. The third-order valence-electron chi connectivity index (χ3n) is 4.80. The molecule has 0 saturated heterocycles. The molecular weight excluding hydrogens is 390 g/mol. The van der Waals surface area contributed by atoms with Crippen LogP contribution in [0.25, 0.3) is 5.57 Å². The van der Waals surface area contributed by atoms with Gasteiger partial charge in [0.05, 0.1) is 0 Å². The van der Waals surface area contributed by atoms with Crippen LogP contribution in [0.3, 0.4) is 0 Å². The third-order valence-corrected chi connectivity index (χ3v) is 6.95. The van der Waals surface area contributed by atoms with Gasteiger partial charge < -0.3 is 14.2 Å². The lowest BCUT2D eigenvalue weighted by Gasteiger charge is -2.19. The van der Waals surface area contributed by atoms with Gasteiger partial charge in [-0.3, -0.25) is 4.79 Å². The van der Waals surface area contributed by atoms with Gasteiger partial charge >= 0.3 is 9.28 Å². The first-order valence-corrected chi connectivity index (χ1v) is 12.4. The molecule has 4 nitrogen and oxygen atoms in total. The molecule has 0 unspecified atom stereocenters. The van der Waals surface area contributed by atoms with Crippen molar-refractivity contribution in [1.82, 2.24) is 5.32 Å². The van der Waals surface area contributed by atoms with Crippen LogP contribution in [0.15, 0.2) is 55.1 Å². The number of hydrogen-bond acceptors (Lipinski definition) is 3. The number of carbonyl (C=O) groups excluding carboxylic acids is 1. The molecule has 0 spiro atoms. The maximum atomic E-state index is 12.4. The first kappa shape index (κ1) is 24.1. The Morgan fingerprint density at radius 3 is 2.17 bits per heavy atom. The molecule has 2 rings (SSSR count).